The van der Waals surface area contributed by atoms with Gasteiger partial charge in [0.2, 0.25) is 5.95 Å². The van der Waals surface area contributed by atoms with Gasteiger partial charge < -0.3 is 0 Å². The maximum Gasteiger partial charge on any atom is 0.221 e. The highest BCUT2D eigenvalue weighted by molar-refractivity contribution is 8.16. The fourth-order valence-electron chi connectivity index (χ4n) is 2.59. The number of rotatable bonds is 8. The summed E-state index contributed by atoms with van der Waals surface area (Å²) >= 11 is 3.73. The molecule has 1 aliphatic heterocycles. The van der Waals surface area contributed by atoms with Gasteiger partial charge in [0.25, 0.3) is 0 Å². The van der Waals surface area contributed by atoms with E-state index in [-0.39, 0.29) is 10.5 Å². The van der Waals surface area contributed by atoms with Crippen molar-refractivity contribution in [1.82, 2.24) is 9.97 Å². The first-order valence-corrected chi connectivity index (χ1v) is 10.6. The highest BCUT2D eigenvalue weighted by Gasteiger charge is 2.26. The van der Waals surface area contributed by atoms with Crippen molar-refractivity contribution < 1.29 is 4.39 Å². The van der Waals surface area contributed by atoms with Gasteiger partial charge in [0.15, 0.2) is 0 Å². The third-order valence-electron chi connectivity index (χ3n) is 4.01. The van der Waals surface area contributed by atoms with Crippen LogP contribution in [0.25, 0.3) is 0 Å². The Morgan fingerprint density at radius 2 is 1.86 bits per heavy atom. The molecule has 0 bridgehead atoms. The summed E-state index contributed by atoms with van der Waals surface area (Å²) in [6.45, 7) is 4.37. The van der Waals surface area contributed by atoms with E-state index in [1.807, 2.05) is 23.5 Å². The first-order valence-electron chi connectivity index (χ1n) is 8.49. The van der Waals surface area contributed by atoms with E-state index in [1.54, 1.807) is 6.20 Å². The molecule has 1 saturated heterocycles. The van der Waals surface area contributed by atoms with Crippen LogP contribution < -0.4 is 0 Å². The zero-order chi connectivity index (χ0) is 15.8. The standard InChI is InChI=1S/C17H27FN2S2/c1-3-5-7-8-13-11-21-17(22-12-13)14-10-19-15(9-6-4-2)20-16(14)18/h10,13,17H,3-9,11-12H2,1-2H3. The minimum absolute atomic E-state index is 0.169. The van der Waals surface area contributed by atoms with Crippen molar-refractivity contribution in [3.8, 4) is 0 Å². The normalized spacial score (nSPS) is 22.0. The van der Waals surface area contributed by atoms with Gasteiger partial charge in [-0.1, -0.05) is 39.5 Å². The molecule has 5 heteroatoms. The summed E-state index contributed by atoms with van der Waals surface area (Å²) in [6, 6.07) is 0. The molecule has 0 aromatic carbocycles. The first-order chi connectivity index (χ1) is 10.7. The number of aryl methyl sites for hydroxylation is 1. The van der Waals surface area contributed by atoms with Crippen molar-refractivity contribution in [2.24, 2.45) is 5.92 Å². The molecule has 0 radical (unpaired) electrons. The number of hydrogen-bond donors (Lipinski definition) is 0. The maximum absolute atomic E-state index is 14.2. The molecule has 0 unspecified atom stereocenters. The summed E-state index contributed by atoms with van der Waals surface area (Å²) in [5, 5.41) is 0. The lowest BCUT2D eigenvalue weighted by atomic mass is 10.1. The number of nitrogens with zero attached hydrogens (tertiary/aromatic N) is 2. The van der Waals surface area contributed by atoms with Gasteiger partial charge in [-0.3, -0.25) is 0 Å². The predicted octanol–water partition coefficient (Wildman–Crippen LogP) is 5.63. The quantitative estimate of drug-likeness (QED) is 0.451. The smallest absolute Gasteiger partial charge is 0.221 e. The van der Waals surface area contributed by atoms with Crippen LogP contribution in [0.3, 0.4) is 0 Å². The van der Waals surface area contributed by atoms with Gasteiger partial charge in [0.05, 0.1) is 4.58 Å². The van der Waals surface area contributed by atoms with E-state index >= 15 is 0 Å². The lowest BCUT2D eigenvalue weighted by Gasteiger charge is -2.27. The van der Waals surface area contributed by atoms with E-state index in [9.17, 15) is 4.39 Å². The Kier molecular flexibility index (Phi) is 8.01. The van der Waals surface area contributed by atoms with Gasteiger partial charge in [-0.05, 0) is 30.3 Å². The number of unbranched alkanes of at least 4 members (excludes halogenated alkanes) is 3. The van der Waals surface area contributed by atoms with Gasteiger partial charge in [0, 0.05) is 18.2 Å². The average molecular weight is 343 g/mol. The summed E-state index contributed by atoms with van der Waals surface area (Å²) in [6.07, 6.45) is 9.85. The molecule has 1 aromatic rings. The topological polar surface area (TPSA) is 25.8 Å². The summed E-state index contributed by atoms with van der Waals surface area (Å²) in [5.74, 6) is 3.39. The SMILES string of the molecule is CCCCCC1CSC(c2cnc(CCCC)nc2F)SC1. The third kappa shape index (κ3) is 5.41. The van der Waals surface area contributed by atoms with Crippen LogP contribution in [0, 0.1) is 11.9 Å². The molecule has 0 amide bonds. The first kappa shape index (κ1) is 18.1. The summed E-state index contributed by atoms with van der Waals surface area (Å²) in [5.41, 5.74) is 0.683. The molecule has 0 atom stereocenters. The van der Waals surface area contributed by atoms with Crippen LogP contribution in [0.5, 0.6) is 0 Å². The van der Waals surface area contributed by atoms with Crippen LogP contribution in [-0.2, 0) is 6.42 Å². The second-order valence-electron chi connectivity index (χ2n) is 6.00. The third-order valence-corrected chi connectivity index (χ3v) is 7.27. The Labute approximate surface area is 142 Å². The molecule has 2 nitrogen and oxygen atoms in total. The molecule has 0 aliphatic carbocycles. The second-order valence-corrected chi connectivity index (χ2v) is 8.57. The molecule has 1 aromatic heterocycles. The summed E-state index contributed by atoms with van der Waals surface area (Å²) in [7, 11) is 0. The average Bonchev–Trinajstić information content (AvgIpc) is 2.54. The van der Waals surface area contributed by atoms with Gasteiger partial charge in [0.1, 0.15) is 5.82 Å². The van der Waals surface area contributed by atoms with Crippen LogP contribution >= 0.6 is 23.5 Å². The lowest BCUT2D eigenvalue weighted by Crippen LogP contribution is -2.15. The van der Waals surface area contributed by atoms with Crippen molar-refractivity contribution >= 4 is 23.5 Å². The number of halogens is 1. The van der Waals surface area contributed by atoms with Crippen molar-refractivity contribution in [3.63, 3.8) is 0 Å². The minimum Gasteiger partial charge on any atom is -0.241 e. The van der Waals surface area contributed by atoms with Crippen LogP contribution in [-0.4, -0.2) is 21.5 Å². The monoisotopic (exact) mass is 342 g/mol. The van der Waals surface area contributed by atoms with Crippen molar-refractivity contribution in [2.75, 3.05) is 11.5 Å². The van der Waals surface area contributed by atoms with Crippen molar-refractivity contribution in [2.45, 2.75) is 63.4 Å². The van der Waals surface area contributed by atoms with E-state index < -0.39 is 0 Å². The molecule has 22 heavy (non-hydrogen) atoms. The number of thioether (sulfide) groups is 2. The van der Waals surface area contributed by atoms with Crippen molar-refractivity contribution in [1.29, 1.82) is 0 Å². The van der Waals surface area contributed by atoms with E-state index in [0.717, 1.165) is 36.7 Å². The fourth-order valence-corrected chi connectivity index (χ4v) is 5.73. The van der Waals surface area contributed by atoms with Crippen molar-refractivity contribution in [3.05, 3.63) is 23.5 Å². The number of hydrogen-bond acceptors (Lipinski definition) is 4. The van der Waals surface area contributed by atoms with E-state index in [4.69, 9.17) is 0 Å². The molecule has 1 aliphatic rings. The Morgan fingerprint density at radius 1 is 1.14 bits per heavy atom. The fraction of sp³-hybridized carbons (Fsp3) is 0.765. The van der Waals surface area contributed by atoms with Crippen LogP contribution in [0.1, 0.15) is 68.3 Å². The minimum atomic E-state index is -0.310. The Balaban J connectivity index is 1.85. The van der Waals surface area contributed by atoms with E-state index in [1.165, 1.54) is 25.7 Å². The molecule has 1 fully saturated rings. The molecule has 0 saturated carbocycles. The van der Waals surface area contributed by atoms with Gasteiger partial charge in [-0.15, -0.1) is 23.5 Å². The van der Waals surface area contributed by atoms with Gasteiger partial charge >= 0.3 is 0 Å². The zero-order valence-electron chi connectivity index (χ0n) is 13.7. The highest BCUT2D eigenvalue weighted by Crippen LogP contribution is 2.46. The second kappa shape index (κ2) is 9.76. The van der Waals surface area contributed by atoms with Crippen LogP contribution in [0.15, 0.2) is 6.20 Å². The molecular weight excluding hydrogens is 315 g/mol. The number of aromatic nitrogens is 2. The Hall–Kier alpha value is -0.290. The molecule has 2 heterocycles. The largest absolute Gasteiger partial charge is 0.241 e. The Morgan fingerprint density at radius 3 is 2.50 bits per heavy atom. The van der Waals surface area contributed by atoms with E-state index in [0.29, 0.717) is 11.4 Å². The van der Waals surface area contributed by atoms with Crippen LogP contribution in [0.4, 0.5) is 4.39 Å². The lowest BCUT2D eigenvalue weighted by molar-refractivity contribution is 0.541. The van der Waals surface area contributed by atoms with Gasteiger partial charge in [-0.25, -0.2) is 9.97 Å². The van der Waals surface area contributed by atoms with Gasteiger partial charge in [-0.2, -0.15) is 4.39 Å². The molecule has 0 N–H and O–H groups in total. The zero-order valence-corrected chi connectivity index (χ0v) is 15.3. The summed E-state index contributed by atoms with van der Waals surface area (Å²) in [4.78, 5) is 8.42. The molecule has 124 valence electrons. The predicted molar refractivity (Wildman–Crippen MR) is 95.9 cm³/mol. The highest BCUT2D eigenvalue weighted by atomic mass is 32.2. The molecule has 2 rings (SSSR count). The maximum atomic E-state index is 14.2. The van der Waals surface area contributed by atoms with Crippen LogP contribution in [0.2, 0.25) is 0 Å². The molecule has 0 spiro atoms. The summed E-state index contributed by atoms with van der Waals surface area (Å²) < 4.78 is 14.4. The molecular formula is C17H27FN2S2. The van der Waals surface area contributed by atoms with E-state index in [2.05, 4.69) is 23.8 Å². The Bertz CT molecular complexity index is 448.